The Morgan fingerprint density at radius 3 is 2.67 bits per heavy atom. The van der Waals surface area contributed by atoms with E-state index in [0.717, 1.165) is 26.9 Å². The number of para-hydroxylation sites is 2. The van der Waals surface area contributed by atoms with Crippen molar-refractivity contribution in [2.24, 2.45) is 0 Å². The van der Waals surface area contributed by atoms with E-state index in [9.17, 15) is 4.79 Å². The highest BCUT2D eigenvalue weighted by Gasteiger charge is 2.20. The fraction of sp³-hybridized carbons (Fsp3) is 0.143. The van der Waals surface area contributed by atoms with Gasteiger partial charge >= 0.3 is 0 Å². The van der Waals surface area contributed by atoms with Gasteiger partial charge in [-0.3, -0.25) is 4.79 Å². The molecule has 0 unspecified atom stereocenters. The number of aromatic nitrogens is 2. The van der Waals surface area contributed by atoms with Crippen LogP contribution in [0.25, 0.3) is 11.0 Å². The SMILES string of the molecule is C[C@H](NC(=O)c1ccco1)c1nc2ccccc2n1Cc1ccc(Br)cc1. The Balaban J connectivity index is 1.68. The molecular weight excluding hydrogens is 406 g/mol. The van der Waals surface area contributed by atoms with Gasteiger partial charge in [-0.1, -0.05) is 40.2 Å². The molecule has 2 aromatic carbocycles. The molecule has 4 aromatic rings. The third kappa shape index (κ3) is 3.66. The first-order chi connectivity index (χ1) is 13.1. The van der Waals surface area contributed by atoms with Crippen LogP contribution in [0.5, 0.6) is 0 Å². The van der Waals surface area contributed by atoms with E-state index in [1.165, 1.54) is 6.26 Å². The van der Waals surface area contributed by atoms with Crippen LogP contribution in [-0.2, 0) is 6.54 Å². The highest BCUT2D eigenvalue weighted by molar-refractivity contribution is 9.10. The summed E-state index contributed by atoms with van der Waals surface area (Å²) in [6.07, 6.45) is 1.49. The number of nitrogens with one attached hydrogen (secondary N) is 1. The molecule has 6 heteroatoms. The van der Waals surface area contributed by atoms with Crippen LogP contribution in [0, 0.1) is 0 Å². The zero-order chi connectivity index (χ0) is 18.8. The number of furan rings is 1. The van der Waals surface area contributed by atoms with Crippen molar-refractivity contribution in [3.63, 3.8) is 0 Å². The first kappa shape index (κ1) is 17.5. The van der Waals surface area contributed by atoms with Crippen LogP contribution in [0.15, 0.2) is 75.8 Å². The van der Waals surface area contributed by atoms with Crippen molar-refractivity contribution in [2.75, 3.05) is 0 Å². The average Bonchev–Trinajstić information content (AvgIpc) is 3.32. The standard InChI is InChI=1S/C21H18BrN3O2/c1-14(23-21(26)19-7-4-12-27-19)20-24-17-5-2-3-6-18(17)25(20)13-15-8-10-16(22)11-9-15/h2-12,14H,13H2,1H3,(H,23,26)/t14-/m0/s1. The van der Waals surface area contributed by atoms with E-state index < -0.39 is 0 Å². The summed E-state index contributed by atoms with van der Waals surface area (Å²) in [5, 5.41) is 2.97. The summed E-state index contributed by atoms with van der Waals surface area (Å²) in [5.41, 5.74) is 3.10. The number of carbonyl (C=O) groups excluding carboxylic acids is 1. The first-order valence-electron chi connectivity index (χ1n) is 8.66. The van der Waals surface area contributed by atoms with Gasteiger partial charge in [0.25, 0.3) is 5.91 Å². The second-order valence-electron chi connectivity index (χ2n) is 6.34. The molecule has 0 aliphatic heterocycles. The lowest BCUT2D eigenvalue weighted by Gasteiger charge is -2.16. The predicted octanol–water partition coefficient (Wildman–Crippen LogP) is 4.93. The lowest BCUT2D eigenvalue weighted by atomic mass is 10.2. The lowest BCUT2D eigenvalue weighted by Crippen LogP contribution is -2.28. The van der Waals surface area contributed by atoms with E-state index in [0.29, 0.717) is 6.54 Å². The monoisotopic (exact) mass is 423 g/mol. The van der Waals surface area contributed by atoms with Crippen LogP contribution in [0.3, 0.4) is 0 Å². The number of imidazole rings is 1. The Morgan fingerprint density at radius 1 is 1.15 bits per heavy atom. The van der Waals surface area contributed by atoms with E-state index in [4.69, 9.17) is 9.40 Å². The van der Waals surface area contributed by atoms with E-state index in [1.807, 2.05) is 43.3 Å². The summed E-state index contributed by atoms with van der Waals surface area (Å²) < 4.78 is 8.37. The summed E-state index contributed by atoms with van der Waals surface area (Å²) in [6.45, 7) is 2.60. The first-order valence-corrected chi connectivity index (χ1v) is 9.45. The molecule has 0 fully saturated rings. The molecule has 136 valence electrons. The van der Waals surface area contributed by atoms with Crippen LogP contribution in [0.4, 0.5) is 0 Å². The minimum atomic E-state index is -0.273. The number of amides is 1. The van der Waals surface area contributed by atoms with Crippen molar-refractivity contribution >= 4 is 32.9 Å². The quantitative estimate of drug-likeness (QED) is 0.494. The topological polar surface area (TPSA) is 60.1 Å². The molecule has 0 bridgehead atoms. The molecule has 0 aliphatic carbocycles. The molecule has 2 aromatic heterocycles. The number of hydrogen-bond acceptors (Lipinski definition) is 3. The van der Waals surface area contributed by atoms with Crippen molar-refractivity contribution in [1.29, 1.82) is 0 Å². The molecule has 5 nitrogen and oxygen atoms in total. The highest BCUT2D eigenvalue weighted by atomic mass is 79.9. The van der Waals surface area contributed by atoms with E-state index in [1.54, 1.807) is 12.1 Å². The number of fused-ring (bicyclic) bond motifs is 1. The molecule has 2 heterocycles. The third-order valence-corrected chi connectivity index (χ3v) is 4.95. The Hall–Kier alpha value is -2.86. The van der Waals surface area contributed by atoms with Gasteiger partial charge in [-0.05, 0) is 48.9 Å². The van der Waals surface area contributed by atoms with Crippen LogP contribution in [0.1, 0.15) is 34.9 Å². The molecule has 0 saturated carbocycles. The zero-order valence-corrected chi connectivity index (χ0v) is 16.3. The minimum absolute atomic E-state index is 0.255. The van der Waals surface area contributed by atoms with Crippen molar-refractivity contribution in [2.45, 2.75) is 19.5 Å². The van der Waals surface area contributed by atoms with Gasteiger partial charge in [-0.15, -0.1) is 0 Å². The molecular formula is C21H18BrN3O2. The molecule has 27 heavy (non-hydrogen) atoms. The Kier molecular flexibility index (Phi) is 4.81. The number of rotatable bonds is 5. The minimum Gasteiger partial charge on any atom is -0.459 e. The molecule has 1 N–H and O–H groups in total. The van der Waals surface area contributed by atoms with Crippen molar-refractivity contribution < 1.29 is 9.21 Å². The van der Waals surface area contributed by atoms with Crippen LogP contribution in [-0.4, -0.2) is 15.5 Å². The number of nitrogens with zero attached hydrogens (tertiary/aromatic N) is 2. The summed E-state index contributed by atoms with van der Waals surface area (Å²) in [7, 11) is 0. The maximum Gasteiger partial charge on any atom is 0.287 e. The summed E-state index contributed by atoms with van der Waals surface area (Å²) in [5.74, 6) is 0.839. The van der Waals surface area contributed by atoms with Gasteiger partial charge in [0.2, 0.25) is 0 Å². The summed E-state index contributed by atoms with van der Waals surface area (Å²) in [4.78, 5) is 17.1. The third-order valence-electron chi connectivity index (χ3n) is 4.42. The Morgan fingerprint density at radius 2 is 1.93 bits per heavy atom. The fourth-order valence-electron chi connectivity index (χ4n) is 3.10. The fourth-order valence-corrected chi connectivity index (χ4v) is 3.37. The van der Waals surface area contributed by atoms with Crippen molar-refractivity contribution in [3.8, 4) is 0 Å². The highest BCUT2D eigenvalue weighted by Crippen LogP contribution is 2.23. The molecule has 1 amide bonds. The number of hydrogen-bond donors (Lipinski definition) is 1. The predicted molar refractivity (Wildman–Crippen MR) is 108 cm³/mol. The molecule has 1 atom stereocenters. The average molecular weight is 424 g/mol. The molecule has 0 spiro atoms. The van der Waals surface area contributed by atoms with Gasteiger partial charge in [0.1, 0.15) is 5.82 Å². The second kappa shape index (κ2) is 7.40. The normalized spacial score (nSPS) is 12.2. The lowest BCUT2D eigenvalue weighted by molar-refractivity contribution is 0.0909. The Labute approximate surface area is 165 Å². The summed E-state index contributed by atoms with van der Waals surface area (Å²) >= 11 is 3.47. The molecule has 4 rings (SSSR count). The van der Waals surface area contributed by atoms with Gasteiger partial charge in [0.15, 0.2) is 5.76 Å². The molecule has 0 aliphatic rings. The van der Waals surface area contributed by atoms with Gasteiger partial charge in [-0.2, -0.15) is 0 Å². The van der Waals surface area contributed by atoms with Gasteiger partial charge in [0.05, 0.1) is 23.3 Å². The number of benzene rings is 2. The van der Waals surface area contributed by atoms with E-state index >= 15 is 0 Å². The maximum absolute atomic E-state index is 12.4. The van der Waals surface area contributed by atoms with Crippen molar-refractivity contribution in [1.82, 2.24) is 14.9 Å². The summed E-state index contributed by atoms with van der Waals surface area (Å²) in [6, 6.07) is 19.3. The van der Waals surface area contributed by atoms with Gasteiger partial charge in [0, 0.05) is 11.0 Å². The molecule has 0 radical (unpaired) electrons. The Bertz CT molecular complexity index is 1070. The van der Waals surface area contributed by atoms with Gasteiger partial charge < -0.3 is 14.3 Å². The number of carbonyl (C=O) groups is 1. The largest absolute Gasteiger partial charge is 0.459 e. The van der Waals surface area contributed by atoms with E-state index in [2.05, 4.69) is 37.9 Å². The second-order valence-corrected chi connectivity index (χ2v) is 7.26. The zero-order valence-electron chi connectivity index (χ0n) is 14.7. The smallest absolute Gasteiger partial charge is 0.287 e. The van der Waals surface area contributed by atoms with Crippen LogP contribution < -0.4 is 5.32 Å². The maximum atomic E-state index is 12.4. The van der Waals surface area contributed by atoms with Crippen LogP contribution in [0.2, 0.25) is 0 Å². The van der Waals surface area contributed by atoms with E-state index in [-0.39, 0.29) is 17.7 Å². The van der Waals surface area contributed by atoms with Crippen LogP contribution >= 0.6 is 15.9 Å². The van der Waals surface area contributed by atoms with Crippen molar-refractivity contribution in [3.05, 3.63) is 88.5 Å². The molecule has 0 saturated heterocycles. The number of halogens is 1. The van der Waals surface area contributed by atoms with Gasteiger partial charge in [-0.25, -0.2) is 4.98 Å².